The summed E-state index contributed by atoms with van der Waals surface area (Å²) in [5.41, 5.74) is 5.37. The molecule has 0 unspecified atom stereocenters. The Labute approximate surface area is 52.1 Å². The number of nitrogens with one attached hydrogen (secondary N) is 1. The third-order valence-corrected chi connectivity index (χ3v) is 0.831. The monoisotopic (exact) mass is 124 g/mol. The van der Waals surface area contributed by atoms with E-state index in [2.05, 4.69) is 15.2 Å². The molecular formula is C3H5BN4O. The highest BCUT2D eigenvalue weighted by molar-refractivity contribution is 6.29. The van der Waals surface area contributed by atoms with Gasteiger partial charge in [0.2, 0.25) is 5.82 Å². The fourth-order valence-electron chi connectivity index (χ4n) is 0.456. The minimum Gasteiger partial charge on any atom is -0.363 e. The smallest absolute Gasteiger partial charge is 0.286 e. The molecule has 0 bridgehead atoms. The van der Waals surface area contributed by atoms with Crippen molar-refractivity contribution in [3.63, 3.8) is 0 Å². The van der Waals surface area contributed by atoms with Crippen molar-refractivity contribution in [2.45, 2.75) is 0 Å². The number of amides is 1. The zero-order valence-corrected chi connectivity index (χ0v) is 4.88. The number of hydrogen-bond donors (Lipinski definition) is 2. The summed E-state index contributed by atoms with van der Waals surface area (Å²) in [5, 5.41) is 5.97. The molecule has 6 heteroatoms. The lowest BCUT2D eigenvalue weighted by atomic mass is 10.1. The van der Waals surface area contributed by atoms with Crippen molar-refractivity contribution in [1.29, 1.82) is 0 Å². The number of hydrogen-bond acceptors (Lipinski definition) is 3. The molecule has 9 heavy (non-hydrogen) atoms. The molecule has 0 aliphatic heterocycles. The summed E-state index contributed by atoms with van der Waals surface area (Å²) >= 11 is 0. The number of rotatable bonds is 1. The van der Waals surface area contributed by atoms with Crippen LogP contribution in [-0.4, -0.2) is 28.9 Å². The van der Waals surface area contributed by atoms with E-state index in [1.165, 1.54) is 0 Å². The summed E-state index contributed by atoms with van der Waals surface area (Å²) < 4.78 is 0. The van der Waals surface area contributed by atoms with Crippen molar-refractivity contribution in [2.75, 3.05) is 0 Å². The lowest BCUT2D eigenvalue weighted by molar-refractivity contribution is 0.0991. The van der Waals surface area contributed by atoms with E-state index in [4.69, 9.17) is 5.73 Å². The van der Waals surface area contributed by atoms with E-state index in [0.29, 0.717) is 5.72 Å². The Morgan fingerprint density at radius 2 is 2.44 bits per heavy atom. The number of aromatic amines is 1. The summed E-state index contributed by atoms with van der Waals surface area (Å²) in [6.45, 7) is 0. The van der Waals surface area contributed by atoms with Gasteiger partial charge in [0, 0.05) is 0 Å². The van der Waals surface area contributed by atoms with Crippen LogP contribution in [0.5, 0.6) is 0 Å². The second-order valence-corrected chi connectivity index (χ2v) is 1.60. The average Bonchev–Trinajstić information content (AvgIpc) is 2.14. The Kier molecular flexibility index (Phi) is 1.22. The predicted molar refractivity (Wildman–Crippen MR) is 33.1 cm³/mol. The van der Waals surface area contributed by atoms with Gasteiger partial charge in [-0.3, -0.25) is 9.89 Å². The van der Waals surface area contributed by atoms with Crippen LogP contribution < -0.4 is 11.5 Å². The van der Waals surface area contributed by atoms with Gasteiger partial charge in [-0.05, 0) is 0 Å². The molecule has 0 aliphatic rings. The number of H-pyrrole nitrogens is 1. The second-order valence-electron chi connectivity index (χ2n) is 1.60. The van der Waals surface area contributed by atoms with Crippen LogP contribution in [0.1, 0.15) is 10.6 Å². The summed E-state index contributed by atoms with van der Waals surface area (Å²) in [4.78, 5) is 14.0. The van der Waals surface area contributed by atoms with Crippen LogP contribution in [0.3, 0.4) is 0 Å². The van der Waals surface area contributed by atoms with Crippen LogP contribution in [0.2, 0.25) is 0 Å². The Bertz CT molecular complexity index is 231. The standard InChI is InChI=1S/C3H5BN4O/c4-3-6-2(1(5)9)7-8-3/h4H2,(H2,5,9)(H,6,7,8). The van der Waals surface area contributed by atoms with Crippen molar-refractivity contribution < 1.29 is 4.79 Å². The van der Waals surface area contributed by atoms with E-state index in [9.17, 15) is 4.79 Å². The van der Waals surface area contributed by atoms with Crippen molar-refractivity contribution in [3.05, 3.63) is 5.82 Å². The first-order valence-corrected chi connectivity index (χ1v) is 2.39. The quantitative estimate of drug-likeness (QED) is 0.395. The SMILES string of the molecule is Bc1n[nH]c(C(N)=O)n1. The van der Waals surface area contributed by atoms with Gasteiger partial charge in [0.25, 0.3) is 5.91 Å². The molecule has 1 amide bonds. The van der Waals surface area contributed by atoms with Gasteiger partial charge in [0.1, 0.15) is 5.72 Å². The Hall–Kier alpha value is -1.33. The lowest BCUT2D eigenvalue weighted by Crippen LogP contribution is -2.14. The highest BCUT2D eigenvalue weighted by Crippen LogP contribution is 1.76. The molecule has 1 rings (SSSR count). The van der Waals surface area contributed by atoms with E-state index in [0.717, 1.165) is 0 Å². The van der Waals surface area contributed by atoms with Crippen LogP contribution in [-0.2, 0) is 0 Å². The molecule has 0 saturated heterocycles. The molecule has 0 fully saturated rings. The fourth-order valence-corrected chi connectivity index (χ4v) is 0.456. The van der Waals surface area contributed by atoms with E-state index in [1.54, 1.807) is 7.85 Å². The number of aromatic nitrogens is 3. The van der Waals surface area contributed by atoms with Gasteiger partial charge in [-0.15, -0.1) is 0 Å². The first-order chi connectivity index (χ1) is 4.20. The second kappa shape index (κ2) is 1.89. The van der Waals surface area contributed by atoms with Crippen LogP contribution in [0, 0.1) is 0 Å². The van der Waals surface area contributed by atoms with Crippen LogP contribution >= 0.6 is 0 Å². The van der Waals surface area contributed by atoms with Gasteiger partial charge >= 0.3 is 0 Å². The van der Waals surface area contributed by atoms with Crippen LogP contribution in [0.4, 0.5) is 0 Å². The molecule has 46 valence electrons. The van der Waals surface area contributed by atoms with Crippen molar-refractivity contribution >= 4 is 19.5 Å². The molecular weight excluding hydrogens is 119 g/mol. The maximum atomic E-state index is 10.3. The molecule has 0 radical (unpaired) electrons. The van der Waals surface area contributed by atoms with Crippen molar-refractivity contribution in [3.8, 4) is 0 Å². The van der Waals surface area contributed by atoms with Gasteiger partial charge in [0.05, 0.1) is 0 Å². The summed E-state index contributed by atoms with van der Waals surface area (Å²) in [6, 6.07) is 0. The predicted octanol–water partition coefficient (Wildman–Crippen LogP) is -2.84. The molecule has 1 aromatic heterocycles. The fraction of sp³-hybridized carbons (Fsp3) is 0. The molecule has 0 aliphatic carbocycles. The normalized spacial score (nSPS) is 9.33. The number of primary amides is 1. The third-order valence-electron chi connectivity index (χ3n) is 0.831. The largest absolute Gasteiger partial charge is 0.363 e. The zero-order chi connectivity index (χ0) is 6.85. The Morgan fingerprint density at radius 3 is 2.67 bits per heavy atom. The Morgan fingerprint density at radius 1 is 1.78 bits per heavy atom. The van der Waals surface area contributed by atoms with E-state index < -0.39 is 5.91 Å². The minimum atomic E-state index is -0.587. The van der Waals surface area contributed by atoms with Crippen molar-refractivity contribution in [2.24, 2.45) is 5.73 Å². The minimum absolute atomic E-state index is 0.104. The highest BCUT2D eigenvalue weighted by atomic mass is 16.1. The molecule has 5 nitrogen and oxygen atoms in total. The Balaban J connectivity index is 2.98. The molecule has 0 saturated carbocycles. The van der Waals surface area contributed by atoms with Crippen LogP contribution in [0.15, 0.2) is 0 Å². The first-order valence-electron chi connectivity index (χ1n) is 2.39. The van der Waals surface area contributed by atoms with Crippen LogP contribution in [0.25, 0.3) is 0 Å². The van der Waals surface area contributed by atoms with Gasteiger partial charge < -0.3 is 5.73 Å². The van der Waals surface area contributed by atoms with Gasteiger partial charge in [-0.1, -0.05) is 0 Å². The molecule has 3 N–H and O–H groups in total. The van der Waals surface area contributed by atoms with Gasteiger partial charge in [0.15, 0.2) is 7.85 Å². The maximum Gasteiger partial charge on any atom is 0.286 e. The molecule has 0 aromatic carbocycles. The van der Waals surface area contributed by atoms with Crippen molar-refractivity contribution in [1.82, 2.24) is 15.2 Å². The number of carbonyl (C=O) groups is 1. The molecule has 1 aromatic rings. The number of nitrogens with two attached hydrogens (primary N) is 1. The van der Waals surface area contributed by atoms with E-state index in [-0.39, 0.29) is 5.82 Å². The zero-order valence-electron chi connectivity index (χ0n) is 4.88. The third kappa shape index (κ3) is 1.07. The maximum absolute atomic E-state index is 10.3. The van der Waals surface area contributed by atoms with Gasteiger partial charge in [-0.25, -0.2) is 4.98 Å². The number of carbonyl (C=O) groups excluding carboxylic acids is 1. The lowest BCUT2D eigenvalue weighted by Gasteiger charge is -1.79. The number of nitrogens with zero attached hydrogens (tertiary/aromatic N) is 2. The van der Waals surface area contributed by atoms with E-state index in [1.807, 2.05) is 0 Å². The van der Waals surface area contributed by atoms with Gasteiger partial charge in [-0.2, -0.15) is 5.10 Å². The molecule has 0 spiro atoms. The summed E-state index contributed by atoms with van der Waals surface area (Å²) in [7, 11) is 1.67. The van der Waals surface area contributed by atoms with E-state index >= 15 is 0 Å². The summed E-state index contributed by atoms with van der Waals surface area (Å²) in [6.07, 6.45) is 0. The average molecular weight is 124 g/mol. The first kappa shape index (κ1) is 5.81. The highest BCUT2D eigenvalue weighted by Gasteiger charge is 2.02. The molecule has 1 heterocycles. The molecule has 0 atom stereocenters. The topological polar surface area (TPSA) is 84.7 Å². The summed E-state index contributed by atoms with van der Waals surface area (Å²) in [5.74, 6) is -0.483.